The van der Waals surface area contributed by atoms with Gasteiger partial charge in [-0.1, -0.05) is 29.8 Å². The lowest BCUT2D eigenvalue weighted by Crippen LogP contribution is -2.41. The number of hydrogen-bond donors (Lipinski definition) is 0. The first-order valence-electron chi connectivity index (χ1n) is 7.63. The zero-order valence-corrected chi connectivity index (χ0v) is 12.8. The lowest BCUT2D eigenvalue weighted by Gasteiger charge is -2.23. The van der Waals surface area contributed by atoms with Gasteiger partial charge in [0.1, 0.15) is 6.04 Å². The molecule has 4 heteroatoms. The molecule has 114 valence electrons. The zero-order valence-electron chi connectivity index (χ0n) is 12.8. The first-order chi connectivity index (χ1) is 10.1. The third kappa shape index (κ3) is 4.06. The van der Waals surface area contributed by atoms with Gasteiger partial charge < -0.3 is 9.64 Å². The van der Waals surface area contributed by atoms with Crippen molar-refractivity contribution in [1.82, 2.24) is 4.90 Å². The minimum Gasteiger partial charge on any atom is -0.464 e. The fraction of sp³-hybridized carbons (Fsp3) is 0.529. The molecule has 1 aromatic rings. The molecule has 1 aliphatic heterocycles. The van der Waals surface area contributed by atoms with Crippen molar-refractivity contribution in [3.8, 4) is 0 Å². The number of ether oxygens (including phenoxy) is 1. The van der Waals surface area contributed by atoms with Gasteiger partial charge in [-0.15, -0.1) is 0 Å². The highest BCUT2D eigenvalue weighted by molar-refractivity contribution is 5.85. The van der Waals surface area contributed by atoms with Gasteiger partial charge in [-0.05, 0) is 38.7 Å². The van der Waals surface area contributed by atoms with Gasteiger partial charge in [0, 0.05) is 13.0 Å². The molecule has 0 aromatic heterocycles. The van der Waals surface area contributed by atoms with Crippen LogP contribution in [0.1, 0.15) is 37.3 Å². The Hall–Kier alpha value is -1.84. The number of aryl methyl sites for hydroxylation is 2. The zero-order chi connectivity index (χ0) is 15.2. The molecule has 4 nitrogen and oxygen atoms in total. The Kier molecular flexibility index (Phi) is 5.37. The van der Waals surface area contributed by atoms with E-state index in [4.69, 9.17) is 4.74 Å². The third-order valence-corrected chi connectivity index (χ3v) is 3.84. The summed E-state index contributed by atoms with van der Waals surface area (Å²) < 4.78 is 5.05. The summed E-state index contributed by atoms with van der Waals surface area (Å²) in [6.07, 6.45) is 2.75. The molecule has 2 rings (SSSR count). The lowest BCUT2D eigenvalue weighted by atomic mass is 10.1. The maximum Gasteiger partial charge on any atom is 0.328 e. The molecule has 0 radical (unpaired) electrons. The van der Waals surface area contributed by atoms with Crippen LogP contribution >= 0.6 is 0 Å². The van der Waals surface area contributed by atoms with Crippen molar-refractivity contribution in [2.75, 3.05) is 13.2 Å². The smallest absolute Gasteiger partial charge is 0.328 e. The van der Waals surface area contributed by atoms with Gasteiger partial charge >= 0.3 is 5.97 Å². The van der Waals surface area contributed by atoms with E-state index in [1.807, 2.05) is 25.1 Å². The number of nitrogens with zero attached hydrogens (tertiary/aromatic N) is 1. The van der Waals surface area contributed by atoms with Crippen LogP contribution in [0.4, 0.5) is 0 Å². The second-order valence-corrected chi connectivity index (χ2v) is 5.49. The Morgan fingerprint density at radius 2 is 2.19 bits per heavy atom. The van der Waals surface area contributed by atoms with E-state index < -0.39 is 0 Å². The molecule has 0 bridgehead atoms. The van der Waals surface area contributed by atoms with Crippen LogP contribution in [0.5, 0.6) is 0 Å². The lowest BCUT2D eigenvalue weighted by molar-refractivity contribution is -0.153. The van der Waals surface area contributed by atoms with E-state index in [-0.39, 0.29) is 17.9 Å². The van der Waals surface area contributed by atoms with E-state index in [1.54, 1.807) is 11.8 Å². The summed E-state index contributed by atoms with van der Waals surface area (Å²) in [7, 11) is 0. The first kappa shape index (κ1) is 15.5. The van der Waals surface area contributed by atoms with E-state index in [0.29, 0.717) is 26.0 Å². The summed E-state index contributed by atoms with van der Waals surface area (Å²) in [6.45, 7) is 4.86. The Morgan fingerprint density at radius 3 is 2.90 bits per heavy atom. The highest BCUT2D eigenvalue weighted by Crippen LogP contribution is 2.20. The predicted octanol–water partition coefficient (Wildman–Crippen LogP) is 2.48. The van der Waals surface area contributed by atoms with Crippen LogP contribution in [0.2, 0.25) is 0 Å². The van der Waals surface area contributed by atoms with Crippen LogP contribution < -0.4 is 0 Å². The van der Waals surface area contributed by atoms with Crippen molar-refractivity contribution in [3.63, 3.8) is 0 Å². The quantitative estimate of drug-likeness (QED) is 0.782. The molecule has 0 spiro atoms. The Bertz CT molecular complexity index is 513. The number of carbonyl (C=O) groups is 2. The average molecular weight is 289 g/mol. The number of amides is 1. The molecule has 1 atom stereocenters. The number of esters is 1. The minimum absolute atomic E-state index is 0.0482. The summed E-state index contributed by atoms with van der Waals surface area (Å²) in [5, 5.41) is 0. The van der Waals surface area contributed by atoms with Crippen LogP contribution in [-0.2, 0) is 20.7 Å². The van der Waals surface area contributed by atoms with Gasteiger partial charge in [-0.25, -0.2) is 4.79 Å². The Balaban J connectivity index is 1.91. The molecule has 0 N–H and O–H groups in total. The molecule has 0 aliphatic carbocycles. The molecule has 1 unspecified atom stereocenters. The van der Waals surface area contributed by atoms with Crippen LogP contribution in [0.15, 0.2) is 24.3 Å². The maximum atomic E-state index is 12.3. The molecule has 1 heterocycles. The molecule has 21 heavy (non-hydrogen) atoms. The number of carbonyl (C=O) groups excluding carboxylic acids is 2. The monoisotopic (exact) mass is 289 g/mol. The average Bonchev–Trinajstić information content (AvgIpc) is 2.94. The highest BCUT2D eigenvalue weighted by atomic mass is 16.5. The number of rotatable bonds is 5. The van der Waals surface area contributed by atoms with E-state index in [1.165, 1.54) is 5.56 Å². The molecule has 1 aromatic carbocycles. The second-order valence-electron chi connectivity index (χ2n) is 5.49. The van der Waals surface area contributed by atoms with Crippen LogP contribution in [-0.4, -0.2) is 36.0 Å². The summed E-state index contributed by atoms with van der Waals surface area (Å²) >= 11 is 0. The van der Waals surface area contributed by atoms with Gasteiger partial charge in [0.15, 0.2) is 0 Å². The number of likely N-dealkylation sites (tertiary alicyclic amines) is 1. The normalized spacial score (nSPS) is 17.8. The maximum absolute atomic E-state index is 12.3. The van der Waals surface area contributed by atoms with Gasteiger partial charge in [-0.2, -0.15) is 0 Å². The fourth-order valence-corrected chi connectivity index (χ4v) is 2.81. The number of hydrogen-bond acceptors (Lipinski definition) is 3. The molecule has 1 aliphatic rings. The summed E-state index contributed by atoms with van der Waals surface area (Å²) in [5.74, 6) is -0.217. The van der Waals surface area contributed by atoms with E-state index in [0.717, 1.165) is 18.4 Å². The third-order valence-electron chi connectivity index (χ3n) is 3.84. The molecule has 1 fully saturated rings. The van der Waals surface area contributed by atoms with Crippen molar-refractivity contribution in [3.05, 3.63) is 35.4 Å². The molecule has 1 amide bonds. The van der Waals surface area contributed by atoms with Gasteiger partial charge in [0.05, 0.1) is 6.61 Å². The van der Waals surface area contributed by atoms with Gasteiger partial charge in [-0.3, -0.25) is 4.79 Å². The standard InChI is InChI=1S/C17H23NO3/c1-3-21-17(20)15-8-5-11-18(15)16(19)10-9-14-7-4-6-13(2)12-14/h4,6-7,12,15H,3,5,8-11H2,1-2H3. The molecular weight excluding hydrogens is 266 g/mol. The van der Waals surface area contributed by atoms with Crippen molar-refractivity contribution in [2.45, 2.75) is 45.6 Å². The predicted molar refractivity (Wildman–Crippen MR) is 80.9 cm³/mol. The van der Waals surface area contributed by atoms with Crippen molar-refractivity contribution >= 4 is 11.9 Å². The van der Waals surface area contributed by atoms with Crippen LogP contribution in [0, 0.1) is 6.92 Å². The summed E-state index contributed by atoms with van der Waals surface area (Å²) in [4.78, 5) is 25.9. The van der Waals surface area contributed by atoms with Gasteiger partial charge in [0.25, 0.3) is 0 Å². The largest absolute Gasteiger partial charge is 0.464 e. The molecule has 0 saturated carbocycles. The van der Waals surface area contributed by atoms with Crippen molar-refractivity contribution < 1.29 is 14.3 Å². The minimum atomic E-state index is -0.380. The van der Waals surface area contributed by atoms with E-state index >= 15 is 0 Å². The Labute approximate surface area is 126 Å². The Morgan fingerprint density at radius 1 is 1.38 bits per heavy atom. The van der Waals surface area contributed by atoms with Crippen molar-refractivity contribution in [2.24, 2.45) is 0 Å². The van der Waals surface area contributed by atoms with E-state index in [9.17, 15) is 9.59 Å². The van der Waals surface area contributed by atoms with Crippen molar-refractivity contribution in [1.29, 1.82) is 0 Å². The summed E-state index contributed by atoms with van der Waals surface area (Å²) in [5.41, 5.74) is 2.36. The topological polar surface area (TPSA) is 46.6 Å². The van der Waals surface area contributed by atoms with Gasteiger partial charge in [0.2, 0.25) is 5.91 Å². The summed E-state index contributed by atoms with van der Waals surface area (Å²) in [6, 6.07) is 7.80. The molecular formula is C17H23NO3. The molecule has 1 saturated heterocycles. The first-order valence-corrected chi connectivity index (χ1v) is 7.63. The highest BCUT2D eigenvalue weighted by Gasteiger charge is 2.34. The van der Waals surface area contributed by atoms with Crippen LogP contribution in [0.25, 0.3) is 0 Å². The second kappa shape index (κ2) is 7.25. The van der Waals surface area contributed by atoms with E-state index in [2.05, 4.69) is 6.07 Å². The number of benzene rings is 1. The fourth-order valence-electron chi connectivity index (χ4n) is 2.81. The van der Waals surface area contributed by atoms with Crippen LogP contribution in [0.3, 0.4) is 0 Å². The SMILES string of the molecule is CCOC(=O)C1CCCN1C(=O)CCc1cccc(C)c1.